The van der Waals surface area contributed by atoms with Crippen LogP contribution >= 0.6 is 0 Å². The number of carbonyl (C=O) groups is 2. The van der Waals surface area contributed by atoms with E-state index in [2.05, 4.69) is 15.5 Å². The van der Waals surface area contributed by atoms with Crippen molar-refractivity contribution in [2.45, 2.75) is 13.0 Å². The number of carboxylic acid groups (broad SMARTS) is 1. The van der Waals surface area contributed by atoms with Crippen LogP contribution in [0.4, 0.5) is 0 Å². The molecule has 2 atom stereocenters. The molecule has 6 nitrogen and oxygen atoms in total. The van der Waals surface area contributed by atoms with Gasteiger partial charge in [0.05, 0.1) is 18.0 Å². The number of nitrogens with zero attached hydrogens (tertiary/aromatic N) is 1. The lowest BCUT2D eigenvalue weighted by molar-refractivity contribution is -0.140. The van der Waals surface area contributed by atoms with Crippen LogP contribution in [0.2, 0.25) is 0 Å². The number of aromatic nitrogens is 2. The molecule has 1 aliphatic rings. The lowest BCUT2D eigenvalue weighted by atomic mass is 10.3. The number of aromatic amines is 1. The van der Waals surface area contributed by atoms with Gasteiger partial charge in [-0.05, 0) is 6.42 Å². The zero-order chi connectivity index (χ0) is 10.8. The highest BCUT2D eigenvalue weighted by Crippen LogP contribution is 2.38. The van der Waals surface area contributed by atoms with E-state index in [1.807, 2.05) is 0 Å². The summed E-state index contributed by atoms with van der Waals surface area (Å²) in [6.45, 7) is 0.387. The Morgan fingerprint density at radius 2 is 2.40 bits per heavy atom. The second kappa shape index (κ2) is 3.72. The van der Waals surface area contributed by atoms with Crippen molar-refractivity contribution >= 4 is 11.9 Å². The van der Waals surface area contributed by atoms with Crippen LogP contribution in [-0.4, -0.2) is 27.2 Å². The number of nitrogens with one attached hydrogen (secondary N) is 2. The van der Waals surface area contributed by atoms with Crippen LogP contribution in [0.3, 0.4) is 0 Å². The Bertz CT molecular complexity index is 374. The van der Waals surface area contributed by atoms with Gasteiger partial charge < -0.3 is 10.4 Å². The molecule has 1 heterocycles. The molecule has 0 radical (unpaired) electrons. The number of carbonyl (C=O) groups excluding carboxylic acids is 1. The first-order chi connectivity index (χ1) is 7.18. The molecule has 0 unspecified atom stereocenters. The summed E-state index contributed by atoms with van der Waals surface area (Å²) >= 11 is 0. The average molecular weight is 209 g/mol. The van der Waals surface area contributed by atoms with Gasteiger partial charge in [0.25, 0.3) is 0 Å². The van der Waals surface area contributed by atoms with Crippen LogP contribution < -0.4 is 5.32 Å². The van der Waals surface area contributed by atoms with Crippen molar-refractivity contribution in [1.82, 2.24) is 15.5 Å². The molecule has 80 valence electrons. The number of H-pyrrole nitrogens is 1. The van der Waals surface area contributed by atoms with Gasteiger partial charge in [0.2, 0.25) is 5.91 Å². The molecule has 1 amide bonds. The molecule has 15 heavy (non-hydrogen) atoms. The molecule has 0 aromatic carbocycles. The maximum Gasteiger partial charge on any atom is 0.307 e. The summed E-state index contributed by atoms with van der Waals surface area (Å²) in [6, 6.07) is 0. The van der Waals surface area contributed by atoms with Crippen LogP contribution in [0.5, 0.6) is 0 Å². The fraction of sp³-hybridized carbons (Fsp3) is 0.444. The number of amides is 1. The van der Waals surface area contributed by atoms with Crippen molar-refractivity contribution in [2.24, 2.45) is 11.8 Å². The SMILES string of the molecule is O=C(O)[C@H]1C[C@H]1C(=O)NCc1cn[nH]c1. The van der Waals surface area contributed by atoms with Crippen molar-refractivity contribution < 1.29 is 14.7 Å². The highest BCUT2D eigenvalue weighted by molar-refractivity contribution is 5.89. The van der Waals surface area contributed by atoms with Gasteiger partial charge in [0, 0.05) is 18.3 Å². The minimum Gasteiger partial charge on any atom is -0.481 e. The summed E-state index contributed by atoms with van der Waals surface area (Å²) in [4.78, 5) is 21.9. The number of aliphatic carboxylic acids is 1. The first-order valence-electron chi connectivity index (χ1n) is 4.66. The van der Waals surface area contributed by atoms with Gasteiger partial charge in [-0.2, -0.15) is 5.10 Å². The molecule has 1 aromatic rings. The summed E-state index contributed by atoms with van der Waals surface area (Å²) in [5.74, 6) is -1.93. The number of carboxylic acids is 1. The molecule has 1 aromatic heterocycles. The molecular weight excluding hydrogens is 198 g/mol. The van der Waals surface area contributed by atoms with Gasteiger partial charge in [-0.3, -0.25) is 14.7 Å². The van der Waals surface area contributed by atoms with Gasteiger partial charge in [-0.15, -0.1) is 0 Å². The molecule has 3 N–H and O–H groups in total. The maximum atomic E-state index is 11.4. The summed E-state index contributed by atoms with van der Waals surface area (Å²) in [5.41, 5.74) is 0.871. The first-order valence-corrected chi connectivity index (χ1v) is 4.66. The summed E-state index contributed by atoms with van der Waals surface area (Å²) in [5, 5.41) is 17.7. The third kappa shape index (κ3) is 2.15. The van der Waals surface area contributed by atoms with E-state index >= 15 is 0 Å². The van der Waals surface area contributed by atoms with Crippen molar-refractivity contribution in [3.63, 3.8) is 0 Å². The summed E-state index contributed by atoms with van der Waals surface area (Å²) < 4.78 is 0. The Labute approximate surface area is 85.7 Å². The molecular formula is C9H11N3O3. The van der Waals surface area contributed by atoms with E-state index in [4.69, 9.17) is 5.11 Å². The molecule has 0 spiro atoms. The lowest BCUT2D eigenvalue weighted by Gasteiger charge is -2.01. The number of hydrogen-bond donors (Lipinski definition) is 3. The lowest BCUT2D eigenvalue weighted by Crippen LogP contribution is -2.25. The smallest absolute Gasteiger partial charge is 0.307 e. The zero-order valence-electron chi connectivity index (χ0n) is 7.93. The van der Waals surface area contributed by atoms with Crippen LogP contribution in [0.15, 0.2) is 12.4 Å². The Morgan fingerprint density at radius 3 is 2.93 bits per heavy atom. The Balaban J connectivity index is 1.77. The standard InChI is InChI=1S/C9H11N3O3/c13-8(6-1-7(6)9(14)15)10-2-5-3-11-12-4-5/h3-4,6-7H,1-2H2,(H,10,13)(H,11,12)(H,14,15)/t6-,7+/m1/s1. The molecule has 0 saturated heterocycles. The van der Waals surface area contributed by atoms with E-state index in [0.717, 1.165) is 5.56 Å². The first kappa shape index (κ1) is 9.70. The van der Waals surface area contributed by atoms with Gasteiger partial charge in [0.15, 0.2) is 0 Å². The number of hydrogen-bond acceptors (Lipinski definition) is 3. The van der Waals surface area contributed by atoms with E-state index in [9.17, 15) is 9.59 Å². The molecule has 1 aliphatic carbocycles. The average Bonchev–Trinajstić information content (AvgIpc) is 2.85. The number of rotatable bonds is 4. The van der Waals surface area contributed by atoms with Crippen LogP contribution in [0.1, 0.15) is 12.0 Å². The molecule has 0 bridgehead atoms. The maximum absolute atomic E-state index is 11.4. The second-order valence-corrected chi connectivity index (χ2v) is 3.61. The monoisotopic (exact) mass is 209 g/mol. The molecule has 6 heteroatoms. The largest absolute Gasteiger partial charge is 0.481 e. The predicted molar refractivity (Wildman–Crippen MR) is 49.7 cm³/mol. The fourth-order valence-corrected chi connectivity index (χ4v) is 1.45. The topological polar surface area (TPSA) is 95.1 Å². The van der Waals surface area contributed by atoms with Gasteiger partial charge >= 0.3 is 5.97 Å². The van der Waals surface area contributed by atoms with Crippen molar-refractivity contribution in [3.8, 4) is 0 Å². The van der Waals surface area contributed by atoms with Crippen LogP contribution in [-0.2, 0) is 16.1 Å². The van der Waals surface area contributed by atoms with Crippen molar-refractivity contribution in [2.75, 3.05) is 0 Å². The van der Waals surface area contributed by atoms with Crippen molar-refractivity contribution in [1.29, 1.82) is 0 Å². The molecule has 1 saturated carbocycles. The molecule has 1 fully saturated rings. The Hall–Kier alpha value is -1.85. The van der Waals surface area contributed by atoms with E-state index in [1.54, 1.807) is 12.4 Å². The minimum atomic E-state index is -0.890. The van der Waals surface area contributed by atoms with Crippen LogP contribution in [0.25, 0.3) is 0 Å². The van der Waals surface area contributed by atoms with Gasteiger partial charge in [-0.1, -0.05) is 0 Å². The van der Waals surface area contributed by atoms with E-state index in [0.29, 0.717) is 13.0 Å². The van der Waals surface area contributed by atoms with E-state index in [-0.39, 0.29) is 11.8 Å². The molecule has 2 rings (SSSR count). The van der Waals surface area contributed by atoms with E-state index in [1.165, 1.54) is 0 Å². The Morgan fingerprint density at radius 1 is 1.60 bits per heavy atom. The normalized spacial score (nSPS) is 23.5. The highest BCUT2D eigenvalue weighted by Gasteiger charge is 2.48. The third-order valence-electron chi connectivity index (χ3n) is 2.47. The zero-order valence-corrected chi connectivity index (χ0v) is 7.93. The minimum absolute atomic E-state index is 0.191. The van der Waals surface area contributed by atoms with Gasteiger partial charge in [0.1, 0.15) is 0 Å². The van der Waals surface area contributed by atoms with Crippen molar-refractivity contribution in [3.05, 3.63) is 18.0 Å². The third-order valence-corrected chi connectivity index (χ3v) is 2.47. The highest BCUT2D eigenvalue weighted by atomic mass is 16.4. The molecule has 0 aliphatic heterocycles. The predicted octanol–water partition coefficient (Wildman–Crippen LogP) is -0.253. The van der Waals surface area contributed by atoms with Gasteiger partial charge in [-0.25, -0.2) is 0 Å². The fourth-order valence-electron chi connectivity index (χ4n) is 1.45. The van der Waals surface area contributed by atoms with E-state index < -0.39 is 11.9 Å². The summed E-state index contributed by atoms with van der Waals surface area (Å²) in [6.07, 6.45) is 3.75. The quantitative estimate of drug-likeness (QED) is 0.637. The Kier molecular flexibility index (Phi) is 2.40. The second-order valence-electron chi connectivity index (χ2n) is 3.61. The van der Waals surface area contributed by atoms with Crippen LogP contribution in [0, 0.1) is 11.8 Å². The summed E-state index contributed by atoms with van der Waals surface area (Å²) in [7, 11) is 0.